The Labute approximate surface area is 189 Å². The van der Waals surface area contributed by atoms with Crippen LogP contribution in [-0.2, 0) is 0 Å². The molecule has 1 aliphatic heterocycles. The molecule has 166 valence electrons. The lowest BCUT2D eigenvalue weighted by Crippen LogP contribution is -2.25. The molecule has 0 radical (unpaired) electrons. The van der Waals surface area contributed by atoms with Gasteiger partial charge in [0.25, 0.3) is 5.56 Å². The second-order valence-electron chi connectivity index (χ2n) is 9.30. The Morgan fingerprint density at radius 2 is 1.69 bits per heavy atom. The van der Waals surface area contributed by atoms with Gasteiger partial charge in [0.1, 0.15) is 5.82 Å². The lowest BCUT2D eigenvalue weighted by Gasteiger charge is -2.23. The van der Waals surface area contributed by atoms with Gasteiger partial charge in [-0.15, -0.1) is 0 Å². The van der Waals surface area contributed by atoms with E-state index in [0.717, 1.165) is 42.8 Å². The van der Waals surface area contributed by atoms with Crippen molar-refractivity contribution < 1.29 is 0 Å². The van der Waals surface area contributed by atoms with Gasteiger partial charge in [0.15, 0.2) is 0 Å². The minimum Gasteiger partial charge on any atom is -0.371 e. The van der Waals surface area contributed by atoms with Crippen molar-refractivity contribution in [3.8, 4) is 0 Å². The monoisotopic (exact) mass is 428 g/mol. The Hall–Kier alpha value is -2.95. The maximum absolute atomic E-state index is 13.4. The fourth-order valence-corrected chi connectivity index (χ4v) is 5.27. The van der Waals surface area contributed by atoms with Gasteiger partial charge in [-0.2, -0.15) is 9.78 Å². The third-order valence-electron chi connectivity index (χ3n) is 7.31. The molecular weight excluding hydrogens is 396 g/mol. The molecule has 0 N–H and O–H groups in total. The molecule has 0 bridgehead atoms. The Bertz CT molecular complexity index is 1210. The number of nitrogens with zero attached hydrogens (tertiary/aromatic N) is 4. The van der Waals surface area contributed by atoms with Gasteiger partial charge >= 0.3 is 0 Å². The van der Waals surface area contributed by atoms with E-state index in [2.05, 4.69) is 30.9 Å². The quantitative estimate of drug-likeness (QED) is 0.513. The summed E-state index contributed by atoms with van der Waals surface area (Å²) in [5, 5.41) is 5.36. The van der Waals surface area contributed by atoms with Crippen LogP contribution in [0, 0.1) is 13.8 Å². The van der Waals surface area contributed by atoms with Crippen LogP contribution in [0.2, 0.25) is 0 Å². The van der Waals surface area contributed by atoms with Crippen molar-refractivity contribution in [2.75, 3.05) is 18.0 Å². The van der Waals surface area contributed by atoms with Crippen LogP contribution in [0.1, 0.15) is 73.4 Å². The first-order chi connectivity index (χ1) is 15.6. The minimum atomic E-state index is -0.0736. The summed E-state index contributed by atoms with van der Waals surface area (Å²) in [4.78, 5) is 20.8. The average molecular weight is 429 g/mol. The largest absolute Gasteiger partial charge is 0.371 e. The van der Waals surface area contributed by atoms with Crippen molar-refractivity contribution in [2.24, 2.45) is 5.10 Å². The van der Waals surface area contributed by atoms with Crippen LogP contribution in [-0.4, -0.2) is 29.0 Å². The lowest BCUT2D eigenvalue weighted by atomic mass is 9.88. The molecule has 2 heterocycles. The molecule has 2 aliphatic rings. The van der Waals surface area contributed by atoms with Crippen molar-refractivity contribution in [3.05, 3.63) is 69.3 Å². The van der Waals surface area contributed by atoms with Gasteiger partial charge < -0.3 is 4.90 Å². The van der Waals surface area contributed by atoms with E-state index < -0.39 is 0 Å². The summed E-state index contributed by atoms with van der Waals surface area (Å²) in [7, 11) is 0. The predicted octanol–water partition coefficient (Wildman–Crippen LogP) is 5.54. The first-order valence-corrected chi connectivity index (χ1v) is 12.0. The minimum absolute atomic E-state index is 0.0736. The molecule has 0 amide bonds. The topological polar surface area (TPSA) is 50.5 Å². The van der Waals surface area contributed by atoms with Crippen LogP contribution in [0.15, 0.2) is 46.3 Å². The number of anilines is 1. The summed E-state index contributed by atoms with van der Waals surface area (Å²) in [6, 6.07) is 12.0. The van der Waals surface area contributed by atoms with E-state index in [4.69, 9.17) is 10.1 Å². The molecule has 32 heavy (non-hydrogen) atoms. The summed E-state index contributed by atoms with van der Waals surface area (Å²) in [5.41, 5.74) is 5.60. The smallest absolute Gasteiger partial charge is 0.282 e. The molecule has 1 saturated carbocycles. The zero-order valence-electron chi connectivity index (χ0n) is 19.2. The van der Waals surface area contributed by atoms with Crippen molar-refractivity contribution >= 4 is 22.8 Å². The summed E-state index contributed by atoms with van der Waals surface area (Å²) >= 11 is 0. The van der Waals surface area contributed by atoms with Gasteiger partial charge in [-0.25, -0.2) is 4.98 Å². The van der Waals surface area contributed by atoms with Crippen molar-refractivity contribution in [1.82, 2.24) is 9.66 Å². The van der Waals surface area contributed by atoms with Gasteiger partial charge in [-0.05, 0) is 74.4 Å². The van der Waals surface area contributed by atoms with Crippen LogP contribution >= 0.6 is 0 Å². The zero-order valence-corrected chi connectivity index (χ0v) is 19.2. The van der Waals surface area contributed by atoms with E-state index in [1.807, 2.05) is 30.5 Å². The van der Waals surface area contributed by atoms with Crippen molar-refractivity contribution in [2.45, 2.75) is 64.7 Å². The molecule has 0 spiro atoms. The predicted molar refractivity (Wildman–Crippen MR) is 132 cm³/mol. The van der Waals surface area contributed by atoms with Gasteiger partial charge in [-0.3, -0.25) is 4.79 Å². The number of hydrogen-bond acceptors (Lipinski definition) is 4. The molecule has 5 rings (SSSR count). The summed E-state index contributed by atoms with van der Waals surface area (Å²) in [6.07, 6.45) is 10.2. The van der Waals surface area contributed by atoms with Crippen LogP contribution in [0.3, 0.4) is 0 Å². The normalized spacial score (nSPS) is 17.6. The Kier molecular flexibility index (Phi) is 5.81. The maximum atomic E-state index is 13.4. The molecule has 2 fully saturated rings. The molecule has 0 unspecified atom stereocenters. The number of para-hydroxylation sites is 1. The van der Waals surface area contributed by atoms with Gasteiger partial charge in [0.05, 0.1) is 17.1 Å². The van der Waals surface area contributed by atoms with Gasteiger partial charge in [-0.1, -0.05) is 37.5 Å². The number of aromatic nitrogens is 2. The molecule has 1 saturated heterocycles. The third kappa shape index (κ3) is 3.85. The van der Waals surface area contributed by atoms with Gasteiger partial charge in [0.2, 0.25) is 0 Å². The van der Waals surface area contributed by atoms with E-state index in [0.29, 0.717) is 11.3 Å². The standard InChI is InChI=1S/C27H32N4O/c1-19-20(2)25(30-16-8-9-17-30)15-14-22(19)18-28-31-26(21-10-4-3-5-11-21)29-24-13-7-6-12-23(24)27(31)32/h6-7,12-15,18,21H,3-5,8-11,16-17H2,1-2H3. The van der Waals surface area contributed by atoms with Crippen molar-refractivity contribution in [3.63, 3.8) is 0 Å². The molecule has 5 heteroatoms. The molecule has 2 aromatic carbocycles. The van der Waals surface area contributed by atoms with E-state index in [1.165, 1.54) is 48.9 Å². The van der Waals surface area contributed by atoms with E-state index in [-0.39, 0.29) is 5.56 Å². The highest BCUT2D eigenvalue weighted by atomic mass is 16.1. The number of benzene rings is 2. The number of hydrogen-bond donors (Lipinski definition) is 0. The highest BCUT2D eigenvalue weighted by Crippen LogP contribution is 2.32. The van der Waals surface area contributed by atoms with E-state index >= 15 is 0 Å². The number of rotatable bonds is 4. The first-order valence-electron chi connectivity index (χ1n) is 12.0. The summed E-state index contributed by atoms with van der Waals surface area (Å²) in [5.74, 6) is 1.10. The Morgan fingerprint density at radius 3 is 2.47 bits per heavy atom. The molecule has 3 aromatic rings. The van der Waals surface area contributed by atoms with E-state index in [1.54, 1.807) is 4.68 Å². The average Bonchev–Trinajstić information content (AvgIpc) is 3.36. The molecule has 5 nitrogen and oxygen atoms in total. The lowest BCUT2D eigenvalue weighted by molar-refractivity contribution is 0.416. The summed E-state index contributed by atoms with van der Waals surface area (Å²) in [6.45, 7) is 6.62. The fourth-order valence-electron chi connectivity index (χ4n) is 5.27. The van der Waals surface area contributed by atoms with Crippen LogP contribution < -0.4 is 10.5 Å². The summed E-state index contributed by atoms with van der Waals surface area (Å²) < 4.78 is 1.57. The second kappa shape index (κ2) is 8.89. The SMILES string of the molecule is Cc1c(C=Nn2c(C3CCCCC3)nc3ccccc3c2=O)ccc(N2CCCC2)c1C. The number of fused-ring (bicyclic) bond motifs is 1. The van der Waals surface area contributed by atoms with Gasteiger partial charge in [0, 0.05) is 24.7 Å². The first kappa shape index (κ1) is 20.9. The zero-order chi connectivity index (χ0) is 22.1. The molecule has 1 aliphatic carbocycles. The highest BCUT2D eigenvalue weighted by molar-refractivity contribution is 5.84. The third-order valence-corrected chi connectivity index (χ3v) is 7.31. The van der Waals surface area contributed by atoms with Crippen LogP contribution in [0.5, 0.6) is 0 Å². The molecular formula is C27H32N4O. The Balaban J connectivity index is 1.56. The highest BCUT2D eigenvalue weighted by Gasteiger charge is 2.22. The Morgan fingerprint density at radius 1 is 0.938 bits per heavy atom. The van der Waals surface area contributed by atoms with E-state index in [9.17, 15) is 4.79 Å². The fraction of sp³-hybridized carbons (Fsp3) is 0.444. The maximum Gasteiger partial charge on any atom is 0.282 e. The second-order valence-corrected chi connectivity index (χ2v) is 9.30. The van der Waals surface area contributed by atoms with Crippen LogP contribution in [0.4, 0.5) is 5.69 Å². The van der Waals surface area contributed by atoms with Crippen LogP contribution in [0.25, 0.3) is 10.9 Å². The van der Waals surface area contributed by atoms with Crippen molar-refractivity contribution in [1.29, 1.82) is 0 Å². The molecule has 0 atom stereocenters. The molecule has 1 aromatic heterocycles.